The van der Waals surface area contributed by atoms with Crippen LogP contribution >= 0.6 is 11.8 Å². The van der Waals surface area contributed by atoms with Crippen LogP contribution in [0.25, 0.3) is 0 Å². The highest BCUT2D eigenvalue weighted by Gasteiger charge is 2.01. The maximum Gasteiger partial charge on any atom is 0.264 e. The molecule has 0 rings (SSSR count). The van der Waals surface area contributed by atoms with Gasteiger partial charge in [-0.2, -0.15) is 20.2 Å². The van der Waals surface area contributed by atoms with Crippen molar-refractivity contribution in [3.8, 4) is 0 Å². The van der Waals surface area contributed by atoms with Gasteiger partial charge in [0.1, 0.15) is 0 Å². The highest BCUT2D eigenvalue weighted by atomic mass is 32.2. The topological polar surface area (TPSA) is 54.4 Å². The summed E-state index contributed by atoms with van der Waals surface area (Å²) in [5.41, 5.74) is 0. The van der Waals surface area contributed by atoms with Crippen molar-refractivity contribution in [2.75, 3.05) is 17.8 Å². The number of hydrogen-bond donors (Lipinski definition) is 1. The summed E-state index contributed by atoms with van der Waals surface area (Å²) in [5, 5.41) is 0. The Hall–Kier alpha value is 0.260. The molecule has 3 nitrogen and oxygen atoms in total. The van der Waals surface area contributed by atoms with Crippen molar-refractivity contribution in [2.45, 2.75) is 6.42 Å². The molecule has 0 aliphatic heterocycles. The lowest BCUT2D eigenvalue weighted by Gasteiger charge is -1.92. The smallest absolute Gasteiger partial charge is 0.264 e. The molecule has 0 radical (unpaired) electrons. The SMILES string of the molecule is CSCCCS(=O)(=O)O. The molecule has 0 atom stereocenters. The average molecular weight is 170 g/mol. The van der Waals surface area contributed by atoms with Gasteiger partial charge in [-0.25, -0.2) is 0 Å². The fourth-order valence-corrected chi connectivity index (χ4v) is 1.51. The number of rotatable bonds is 4. The van der Waals surface area contributed by atoms with E-state index in [1.165, 1.54) is 0 Å². The van der Waals surface area contributed by atoms with Gasteiger partial charge in [-0.3, -0.25) is 4.55 Å². The van der Waals surface area contributed by atoms with Crippen molar-refractivity contribution >= 4 is 21.9 Å². The van der Waals surface area contributed by atoms with E-state index in [2.05, 4.69) is 0 Å². The molecule has 1 N–H and O–H groups in total. The van der Waals surface area contributed by atoms with Crippen LogP contribution in [-0.2, 0) is 10.1 Å². The van der Waals surface area contributed by atoms with Gasteiger partial charge in [-0.05, 0) is 18.4 Å². The van der Waals surface area contributed by atoms with E-state index in [-0.39, 0.29) is 5.75 Å². The van der Waals surface area contributed by atoms with Gasteiger partial charge in [0, 0.05) is 0 Å². The minimum absolute atomic E-state index is 0.117. The van der Waals surface area contributed by atoms with Gasteiger partial charge >= 0.3 is 0 Å². The summed E-state index contributed by atoms with van der Waals surface area (Å²) in [4.78, 5) is 0. The van der Waals surface area contributed by atoms with E-state index in [1.54, 1.807) is 11.8 Å². The lowest BCUT2D eigenvalue weighted by molar-refractivity contribution is 0.482. The molecule has 0 heterocycles. The Labute approximate surface area is 59.6 Å². The van der Waals surface area contributed by atoms with Crippen LogP contribution in [0.3, 0.4) is 0 Å². The van der Waals surface area contributed by atoms with Crippen LogP contribution in [0, 0.1) is 0 Å². The molecule has 0 aliphatic rings. The van der Waals surface area contributed by atoms with Crippen molar-refractivity contribution in [1.29, 1.82) is 0 Å². The second-order valence-electron chi connectivity index (χ2n) is 1.63. The molecular formula is C4H10O3S2. The van der Waals surface area contributed by atoms with Gasteiger partial charge in [0.2, 0.25) is 0 Å². The lowest BCUT2D eigenvalue weighted by Crippen LogP contribution is -2.04. The summed E-state index contributed by atoms with van der Waals surface area (Å²) < 4.78 is 28.3. The van der Waals surface area contributed by atoms with E-state index in [9.17, 15) is 8.42 Å². The Bertz CT molecular complexity index is 149. The van der Waals surface area contributed by atoms with Gasteiger partial charge in [0.05, 0.1) is 5.75 Å². The van der Waals surface area contributed by atoms with Crippen LogP contribution in [0.5, 0.6) is 0 Å². The second-order valence-corrected chi connectivity index (χ2v) is 4.19. The van der Waals surface area contributed by atoms with E-state index in [1.807, 2.05) is 6.26 Å². The Morgan fingerprint density at radius 1 is 1.56 bits per heavy atom. The van der Waals surface area contributed by atoms with Gasteiger partial charge in [0.25, 0.3) is 10.1 Å². The van der Waals surface area contributed by atoms with Crippen LogP contribution in [0.4, 0.5) is 0 Å². The molecule has 0 aromatic heterocycles. The summed E-state index contributed by atoms with van der Waals surface area (Å²) >= 11 is 1.57. The highest BCUT2D eigenvalue weighted by Crippen LogP contribution is 1.97. The summed E-state index contributed by atoms with van der Waals surface area (Å²) in [6.45, 7) is 0. The largest absolute Gasteiger partial charge is 0.286 e. The van der Waals surface area contributed by atoms with E-state index in [4.69, 9.17) is 4.55 Å². The Morgan fingerprint density at radius 3 is 2.44 bits per heavy atom. The molecule has 5 heteroatoms. The molecule has 0 aromatic carbocycles. The van der Waals surface area contributed by atoms with E-state index in [0.29, 0.717) is 6.42 Å². The maximum absolute atomic E-state index is 10.1. The molecule has 0 bridgehead atoms. The molecule has 0 unspecified atom stereocenters. The predicted molar refractivity (Wildman–Crippen MR) is 39.4 cm³/mol. The zero-order valence-corrected chi connectivity index (χ0v) is 6.83. The third-order valence-electron chi connectivity index (χ3n) is 0.751. The van der Waals surface area contributed by atoms with E-state index in [0.717, 1.165) is 5.75 Å². The molecular weight excluding hydrogens is 160 g/mol. The van der Waals surface area contributed by atoms with E-state index < -0.39 is 10.1 Å². The fourth-order valence-electron chi connectivity index (χ4n) is 0.386. The van der Waals surface area contributed by atoms with Crippen molar-refractivity contribution in [1.82, 2.24) is 0 Å². The summed E-state index contributed by atoms with van der Waals surface area (Å²) in [5.74, 6) is 0.660. The monoisotopic (exact) mass is 170 g/mol. The Morgan fingerprint density at radius 2 is 2.11 bits per heavy atom. The normalized spacial score (nSPS) is 11.8. The average Bonchev–Trinajstić information content (AvgIpc) is 1.63. The number of thioether (sulfide) groups is 1. The van der Waals surface area contributed by atoms with Crippen LogP contribution < -0.4 is 0 Å². The highest BCUT2D eigenvalue weighted by molar-refractivity contribution is 7.98. The Kier molecular flexibility index (Phi) is 4.26. The summed E-state index contributed by atoms with van der Waals surface area (Å²) in [7, 11) is -3.71. The molecule has 0 saturated heterocycles. The Balaban J connectivity index is 3.30. The second kappa shape index (κ2) is 4.14. The van der Waals surface area contributed by atoms with Crippen LogP contribution in [0.15, 0.2) is 0 Å². The molecule has 0 fully saturated rings. The summed E-state index contributed by atoms with van der Waals surface area (Å²) in [6.07, 6.45) is 2.42. The zero-order valence-electron chi connectivity index (χ0n) is 5.20. The summed E-state index contributed by atoms with van der Waals surface area (Å²) in [6, 6.07) is 0. The van der Waals surface area contributed by atoms with Crippen molar-refractivity contribution in [3.63, 3.8) is 0 Å². The molecule has 9 heavy (non-hydrogen) atoms. The van der Waals surface area contributed by atoms with Crippen molar-refractivity contribution < 1.29 is 13.0 Å². The minimum Gasteiger partial charge on any atom is -0.286 e. The van der Waals surface area contributed by atoms with Crippen LogP contribution in [-0.4, -0.2) is 30.7 Å². The van der Waals surface area contributed by atoms with E-state index >= 15 is 0 Å². The fraction of sp³-hybridized carbons (Fsp3) is 1.00. The first-order valence-corrected chi connectivity index (χ1v) is 5.50. The molecule has 0 aromatic rings. The lowest BCUT2D eigenvalue weighted by atomic mass is 10.6. The molecule has 0 saturated carbocycles. The van der Waals surface area contributed by atoms with Crippen LogP contribution in [0.1, 0.15) is 6.42 Å². The van der Waals surface area contributed by atoms with Gasteiger partial charge in [-0.1, -0.05) is 0 Å². The molecule has 0 amide bonds. The zero-order chi connectivity index (χ0) is 7.33. The van der Waals surface area contributed by atoms with Crippen LogP contribution in [0.2, 0.25) is 0 Å². The molecule has 0 aliphatic carbocycles. The molecule has 0 spiro atoms. The third kappa shape index (κ3) is 8.26. The first-order valence-electron chi connectivity index (χ1n) is 2.50. The maximum atomic E-state index is 10.1. The van der Waals surface area contributed by atoms with Crippen molar-refractivity contribution in [2.24, 2.45) is 0 Å². The quantitative estimate of drug-likeness (QED) is 0.496. The standard InChI is InChI=1S/C4H10O3S2/c1-8-3-2-4-9(5,6)7/h2-4H2,1H3,(H,5,6,7). The first-order chi connectivity index (χ1) is 4.06. The number of hydrogen-bond acceptors (Lipinski definition) is 3. The van der Waals surface area contributed by atoms with Crippen molar-refractivity contribution in [3.05, 3.63) is 0 Å². The van der Waals surface area contributed by atoms with Gasteiger partial charge in [-0.15, -0.1) is 0 Å². The van der Waals surface area contributed by atoms with Gasteiger partial charge in [0.15, 0.2) is 0 Å². The minimum atomic E-state index is -3.71. The first kappa shape index (κ1) is 9.26. The molecule has 56 valence electrons. The third-order valence-corrected chi connectivity index (χ3v) is 2.25. The predicted octanol–water partition coefficient (Wildman–Crippen LogP) is 0.627. The van der Waals surface area contributed by atoms with Gasteiger partial charge < -0.3 is 0 Å².